The molecule has 0 aliphatic heterocycles. The van der Waals surface area contributed by atoms with Gasteiger partial charge in [0, 0.05) is 5.92 Å². The number of rotatable bonds is 0. The van der Waals surface area contributed by atoms with Gasteiger partial charge in [0.1, 0.15) is 0 Å². The third-order valence-corrected chi connectivity index (χ3v) is 3.64. The van der Waals surface area contributed by atoms with Gasteiger partial charge in [0.15, 0.2) is 0 Å². The van der Waals surface area contributed by atoms with Crippen LogP contribution in [0.25, 0.3) is 0 Å². The molecule has 0 aromatic heterocycles. The Morgan fingerprint density at radius 2 is 1.73 bits per heavy atom. The van der Waals surface area contributed by atoms with Gasteiger partial charge in [0.05, 0.1) is 6.07 Å². The number of nitriles is 1. The maximum Gasteiger partial charge on any atom is 0.0655 e. The second-order valence-corrected chi connectivity index (χ2v) is 4.26. The largest absolute Gasteiger partial charge is 0.198 e. The monoisotopic (exact) mass is 149 g/mol. The van der Waals surface area contributed by atoms with E-state index in [0.717, 1.165) is 5.41 Å². The van der Waals surface area contributed by atoms with Crippen molar-refractivity contribution < 1.29 is 0 Å². The minimum absolute atomic E-state index is 0.390. The predicted octanol–water partition coefficient (Wildman–Crippen LogP) is 2.87. The molecule has 1 heteroatoms. The summed E-state index contributed by atoms with van der Waals surface area (Å²) in [6, 6.07) is 2.39. The fraction of sp³-hybridized carbons (Fsp3) is 0.900. The highest BCUT2D eigenvalue weighted by molar-refractivity contribution is 4.96. The molecular formula is C10H15N. The molecule has 0 heterocycles. The second kappa shape index (κ2) is 2.52. The first kappa shape index (κ1) is 7.16. The quantitative estimate of drug-likeness (QED) is 0.519. The van der Waals surface area contributed by atoms with E-state index in [1.165, 1.54) is 44.9 Å². The highest BCUT2D eigenvalue weighted by atomic mass is 14.4. The fourth-order valence-corrected chi connectivity index (χ4v) is 2.54. The minimum atomic E-state index is 0.390. The lowest BCUT2D eigenvalue weighted by Crippen LogP contribution is -2.33. The molecule has 1 spiro atoms. The molecule has 0 N–H and O–H groups in total. The van der Waals surface area contributed by atoms with Crippen molar-refractivity contribution in [2.45, 2.75) is 44.9 Å². The zero-order valence-corrected chi connectivity index (χ0v) is 6.97. The van der Waals surface area contributed by atoms with Crippen LogP contribution < -0.4 is 0 Å². The summed E-state index contributed by atoms with van der Waals surface area (Å²) in [6.45, 7) is 0. The van der Waals surface area contributed by atoms with Crippen LogP contribution in [0.1, 0.15) is 44.9 Å². The van der Waals surface area contributed by atoms with Crippen LogP contribution in [0, 0.1) is 22.7 Å². The summed E-state index contributed by atoms with van der Waals surface area (Å²) in [4.78, 5) is 0. The Morgan fingerprint density at radius 3 is 2.09 bits per heavy atom. The molecule has 1 nitrogen and oxygen atoms in total. The average molecular weight is 149 g/mol. The fourth-order valence-electron chi connectivity index (χ4n) is 2.54. The smallest absolute Gasteiger partial charge is 0.0655 e. The van der Waals surface area contributed by atoms with Gasteiger partial charge in [-0.15, -0.1) is 0 Å². The number of hydrogen-bond donors (Lipinski definition) is 0. The second-order valence-electron chi connectivity index (χ2n) is 4.26. The minimum Gasteiger partial charge on any atom is -0.198 e. The molecule has 11 heavy (non-hydrogen) atoms. The maximum absolute atomic E-state index is 8.70. The van der Waals surface area contributed by atoms with E-state index in [4.69, 9.17) is 5.26 Å². The molecule has 0 atom stereocenters. The molecule has 0 unspecified atom stereocenters. The van der Waals surface area contributed by atoms with Gasteiger partial charge >= 0.3 is 0 Å². The lowest BCUT2D eigenvalue weighted by atomic mass is 9.59. The van der Waals surface area contributed by atoms with Gasteiger partial charge in [-0.1, -0.05) is 6.42 Å². The highest BCUT2D eigenvalue weighted by Crippen LogP contribution is 2.52. The molecule has 0 aromatic rings. The maximum atomic E-state index is 8.70. The van der Waals surface area contributed by atoms with Gasteiger partial charge < -0.3 is 0 Å². The SMILES string of the molecule is N#CC1CCC2(CCC2)CC1. The van der Waals surface area contributed by atoms with Gasteiger partial charge in [0.25, 0.3) is 0 Å². The Balaban J connectivity index is 1.90. The van der Waals surface area contributed by atoms with E-state index in [1.54, 1.807) is 0 Å². The summed E-state index contributed by atoms with van der Waals surface area (Å²) in [5.41, 5.74) is 0.730. The van der Waals surface area contributed by atoms with E-state index in [2.05, 4.69) is 6.07 Å². The van der Waals surface area contributed by atoms with Crippen molar-refractivity contribution in [3.05, 3.63) is 0 Å². The lowest BCUT2D eigenvalue weighted by Gasteiger charge is -2.46. The molecule has 2 aliphatic rings. The summed E-state index contributed by atoms with van der Waals surface area (Å²) in [5, 5.41) is 8.70. The van der Waals surface area contributed by atoms with Gasteiger partial charge in [-0.25, -0.2) is 0 Å². The van der Waals surface area contributed by atoms with Crippen molar-refractivity contribution in [3.8, 4) is 6.07 Å². The van der Waals surface area contributed by atoms with Crippen LogP contribution in [0.3, 0.4) is 0 Å². The van der Waals surface area contributed by atoms with E-state index in [-0.39, 0.29) is 0 Å². The number of nitrogens with zero attached hydrogens (tertiary/aromatic N) is 1. The Bertz CT molecular complexity index is 176. The van der Waals surface area contributed by atoms with Crippen LogP contribution in [0.2, 0.25) is 0 Å². The molecule has 60 valence electrons. The summed E-state index contributed by atoms with van der Waals surface area (Å²) >= 11 is 0. The van der Waals surface area contributed by atoms with Crippen molar-refractivity contribution in [1.29, 1.82) is 5.26 Å². The average Bonchev–Trinajstić information content (AvgIpc) is 2.02. The first-order chi connectivity index (χ1) is 5.35. The first-order valence-electron chi connectivity index (χ1n) is 4.74. The molecule has 0 saturated heterocycles. The Morgan fingerprint density at radius 1 is 1.09 bits per heavy atom. The van der Waals surface area contributed by atoms with E-state index in [9.17, 15) is 0 Å². The first-order valence-corrected chi connectivity index (χ1v) is 4.74. The predicted molar refractivity (Wildman–Crippen MR) is 43.9 cm³/mol. The van der Waals surface area contributed by atoms with E-state index < -0.39 is 0 Å². The number of hydrogen-bond acceptors (Lipinski definition) is 1. The van der Waals surface area contributed by atoms with Crippen LogP contribution in [0.15, 0.2) is 0 Å². The summed E-state index contributed by atoms with van der Waals surface area (Å²) < 4.78 is 0. The zero-order chi connectivity index (χ0) is 7.73. The molecule has 0 amide bonds. The topological polar surface area (TPSA) is 23.8 Å². The van der Waals surface area contributed by atoms with Gasteiger partial charge in [0.2, 0.25) is 0 Å². The zero-order valence-electron chi connectivity index (χ0n) is 6.97. The summed E-state index contributed by atoms with van der Waals surface area (Å²) in [6.07, 6.45) is 9.37. The molecule has 0 aromatic carbocycles. The molecule has 2 rings (SSSR count). The molecule has 2 saturated carbocycles. The molecule has 2 fully saturated rings. The van der Waals surface area contributed by atoms with Gasteiger partial charge in [-0.2, -0.15) is 5.26 Å². The summed E-state index contributed by atoms with van der Waals surface area (Å²) in [5.74, 6) is 0.390. The van der Waals surface area contributed by atoms with Gasteiger partial charge in [-0.3, -0.25) is 0 Å². The van der Waals surface area contributed by atoms with Crippen molar-refractivity contribution in [2.24, 2.45) is 11.3 Å². The van der Waals surface area contributed by atoms with Gasteiger partial charge in [-0.05, 0) is 43.9 Å². The van der Waals surface area contributed by atoms with Crippen LogP contribution in [0.5, 0.6) is 0 Å². The van der Waals surface area contributed by atoms with Crippen LogP contribution in [-0.2, 0) is 0 Å². The van der Waals surface area contributed by atoms with E-state index in [1.807, 2.05) is 0 Å². The van der Waals surface area contributed by atoms with Crippen molar-refractivity contribution in [3.63, 3.8) is 0 Å². The normalized spacial score (nSPS) is 29.4. The molecule has 2 aliphatic carbocycles. The third-order valence-electron chi connectivity index (χ3n) is 3.64. The molecular weight excluding hydrogens is 134 g/mol. The molecule has 0 bridgehead atoms. The van der Waals surface area contributed by atoms with Crippen LogP contribution >= 0.6 is 0 Å². The van der Waals surface area contributed by atoms with E-state index in [0.29, 0.717) is 5.92 Å². The lowest BCUT2D eigenvalue weighted by molar-refractivity contribution is 0.0656. The highest BCUT2D eigenvalue weighted by Gasteiger charge is 2.39. The van der Waals surface area contributed by atoms with E-state index >= 15 is 0 Å². The summed E-state index contributed by atoms with van der Waals surface area (Å²) in [7, 11) is 0. The van der Waals surface area contributed by atoms with Crippen molar-refractivity contribution in [1.82, 2.24) is 0 Å². The Hall–Kier alpha value is -0.510. The van der Waals surface area contributed by atoms with Crippen molar-refractivity contribution >= 4 is 0 Å². The Labute approximate surface area is 68.4 Å². The standard InChI is InChI=1S/C10H15N/c11-8-9-2-6-10(7-3-9)4-1-5-10/h9H,1-7H2. The van der Waals surface area contributed by atoms with Crippen molar-refractivity contribution in [2.75, 3.05) is 0 Å². The van der Waals surface area contributed by atoms with Crippen LogP contribution in [0.4, 0.5) is 0 Å². The van der Waals surface area contributed by atoms with Crippen LogP contribution in [-0.4, -0.2) is 0 Å². The third kappa shape index (κ3) is 1.15. The Kier molecular flexibility index (Phi) is 1.64. The molecule has 0 radical (unpaired) electrons.